The number of halogens is 1. The minimum absolute atomic E-state index is 0.0299. The Balaban J connectivity index is 2.04. The lowest BCUT2D eigenvalue weighted by molar-refractivity contribution is -0.115. The number of ether oxygens (including phenoxy) is 1. The smallest absolute Gasteiger partial charge is 0.229 e. The van der Waals surface area contributed by atoms with Gasteiger partial charge in [0.25, 0.3) is 0 Å². The van der Waals surface area contributed by atoms with E-state index in [2.05, 4.69) is 5.32 Å². The van der Waals surface area contributed by atoms with Gasteiger partial charge in [0.1, 0.15) is 18.2 Å². The molecule has 0 aliphatic carbocycles. The van der Waals surface area contributed by atoms with Gasteiger partial charge in [0.15, 0.2) is 0 Å². The van der Waals surface area contributed by atoms with Crippen molar-refractivity contribution in [2.45, 2.75) is 6.42 Å². The van der Waals surface area contributed by atoms with E-state index in [9.17, 15) is 9.18 Å². The maximum atomic E-state index is 13.5. The summed E-state index contributed by atoms with van der Waals surface area (Å²) in [6.07, 6.45) is -0.0299. The number of hydrogen-bond donors (Lipinski definition) is 2. The van der Waals surface area contributed by atoms with Crippen molar-refractivity contribution in [3.05, 3.63) is 59.9 Å². The van der Waals surface area contributed by atoms with Crippen molar-refractivity contribution in [3.8, 4) is 5.75 Å². The molecule has 0 saturated heterocycles. The number of carbonyl (C=O) groups excluding carboxylic acids is 1. The third-order valence-electron chi connectivity index (χ3n) is 2.85. The van der Waals surface area contributed by atoms with Gasteiger partial charge in [-0.3, -0.25) is 4.79 Å². The summed E-state index contributed by atoms with van der Waals surface area (Å²) in [5.74, 6) is -0.144. The van der Waals surface area contributed by atoms with Crippen molar-refractivity contribution in [2.75, 3.05) is 18.5 Å². The van der Waals surface area contributed by atoms with E-state index >= 15 is 0 Å². The number of nitrogens with one attached hydrogen (secondary N) is 1. The summed E-state index contributed by atoms with van der Waals surface area (Å²) in [6.45, 7) is 0.748. The Kier molecular flexibility index (Phi) is 5.29. The molecule has 1 amide bonds. The highest BCUT2D eigenvalue weighted by atomic mass is 19.1. The van der Waals surface area contributed by atoms with Crippen LogP contribution in [0.4, 0.5) is 10.1 Å². The number of rotatable bonds is 6. The van der Waals surface area contributed by atoms with E-state index in [1.165, 1.54) is 6.07 Å². The molecule has 3 N–H and O–H groups in total. The quantitative estimate of drug-likeness (QED) is 0.857. The Morgan fingerprint density at radius 3 is 2.62 bits per heavy atom. The summed E-state index contributed by atoms with van der Waals surface area (Å²) in [4.78, 5) is 12.0. The van der Waals surface area contributed by atoms with Gasteiger partial charge in [-0.25, -0.2) is 4.39 Å². The van der Waals surface area contributed by atoms with E-state index < -0.39 is 0 Å². The molecule has 2 aromatic rings. The Morgan fingerprint density at radius 2 is 1.86 bits per heavy atom. The Bertz CT molecular complexity index is 617. The van der Waals surface area contributed by atoms with Gasteiger partial charge >= 0.3 is 0 Å². The number of nitrogens with two attached hydrogens (primary N) is 1. The highest BCUT2D eigenvalue weighted by molar-refractivity contribution is 5.93. The fourth-order valence-corrected chi connectivity index (χ4v) is 1.87. The molecule has 0 bridgehead atoms. The van der Waals surface area contributed by atoms with Gasteiger partial charge < -0.3 is 15.8 Å². The first kappa shape index (κ1) is 15.0. The lowest BCUT2D eigenvalue weighted by Gasteiger charge is -2.12. The number of carbonyl (C=O) groups is 1. The van der Waals surface area contributed by atoms with E-state index in [1.54, 1.807) is 42.5 Å². The van der Waals surface area contributed by atoms with Crippen LogP contribution < -0.4 is 15.8 Å². The Hall–Kier alpha value is -2.40. The molecule has 0 atom stereocenters. The van der Waals surface area contributed by atoms with Crippen molar-refractivity contribution in [2.24, 2.45) is 5.73 Å². The molecule has 0 aliphatic heterocycles. The van der Waals surface area contributed by atoms with Gasteiger partial charge in [-0.05, 0) is 23.8 Å². The van der Waals surface area contributed by atoms with Crippen LogP contribution in [-0.2, 0) is 11.2 Å². The molecule has 2 rings (SSSR count). The summed E-state index contributed by atoms with van der Waals surface area (Å²) >= 11 is 0. The molecule has 0 saturated carbocycles. The topological polar surface area (TPSA) is 64.3 Å². The van der Waals surface area contributed by atoms with E-state index in [0.29, 0.717) is 30.2 Å². The highest BCUT2D eigenvalue weighted by Crippen LogP contribution is 2.23. The first-order chi connectivity index (χ1) is 10.2. The predicted octanol–water partition coefficient (Wildman–Crippen LogP) is 2.34. The Labute approximate surface area is 122 Å². The number of hydrogen-bond acceptors (Lipinski definition) is 3. The van der Waals surface area contributed by atoms with Gasteiger partial charge in [0.2, 0.25) is 5.91 Å². The second-order valence-corrected chi connectivity index (χ2v) is 4.45. The van der Waals surface area contributed by atoms with Crippen LogP contribution in [-0.4, -0.2) is 19.1 Å². The first-order valence-corrected chi connectivity index (χ1v) is 6.66. The standard InChI is InChI=1S/C16H17FN2O2/c17-13-6-2-1-5-12(13)11-16(20)19-14-7-3-4-8-15(14)21-10-9-18/h1-8H,9-11,18H2,(H,19,20). The zero-order chi connectivity index (χ0) is 15.1. The second kappa shape index (κ2) is 7.40. The van der Waals surface area contributed by atoms with Crippen LogP contribution in [0.3, 0.4) is 0 Å². The lowest BCUT2D eigenvalue weighted by atomic mass is 10.1. The zero-order valence-electron chi connectivity index (χ0n) is 11.5. The fraction of sp³-hybridized carbons (Fsp3) is 0.188. The van der Waals surface area contributed by atoms with Crippen LogP contribution in [0.25, 0.3) is 0 Å². The number of amides is 1. The van der Waals surface area contributed by atoms with Gasteiger partial charge in [0, 0.05) is 6.54 Å². The SMILES string of the molecule is NCCOc1ccccc1NC(=O)Cc1ccccc1F. The lowest BCUT2D eigenvalue weighted by Crippen LogP contribution is -2.17. The van der Waals surface area contributed by atoms with Gasteiger partial charge in [0.05, 0.1) is 12.1 Å². The van der Waals surface area contributed by atoms with E-state index in [1.807, 2.05) is 0 Å². The molecule has 0 radical (unpaired) electrons. The summed E-state index contributed by atoms with van der Waals surface area (Å²) < 4.78 is 19.0. The molecule has 0 aliphatic rings. The average molecular weight is 288 g/mol. The third kappa shape index (κ3) is 4.29. The molecule has 0 spiro atoms. The predicted molar refractivity (Wildman–Crippen MR) is 79.7 cm³/mol. The van der Waals surface area contributed by atoms with Crippen molar-refractivity contribution in [1.29, 1.82) is 0 Å². The molecule has 4 nitrogen and oxygen atoms in total. The van der Waals surface area contributed by atoms with Crippen molar-refractivity contribution >= 4 is 11.6 Å². The van der Waals surface area contributed by atoms with Gasteiger partial charge in [-0.15, -0.1) is 0 Å². The first-order valence-electron chi connectivity index (χ1n) is 6.66. The average Bonchev–Trinajstić information content (AvgIpc) is 2.49. The highest BCUT2D eigenvalue weighted by Gasteiger charge is 2.10. The molecule has 0 fully saturated rings. The van der Waals surface area contributed by atoms with E-state index in [0.717, 1.165) is 0 Å². The summed E-state index contributed by atoms with van der Waals surface area (Å²) in [5.41, 5.74) is 6.30. The van der Waals surface area contributed by atoms with E-state index in [-0.39, 0.29) is 18.1 Å². The molecule has 0 unspecified atom stereocenters. The van der Waals surface area contributed by atoms with Crippen LogP contribution in [0, 0.1) is 5.82 Å². The summed E-state index contributed by atoms with van der Waals surface area (Å²) in [5, 5.41) is 2.72. The third-order valence-corrected chi connectivity index (χ3v) is 2.85. The minimum atomic E-state index is -0.389. The normalized spacial score (nSPS) is 10.2. The summed E-state index contributed by atoms with van der Waals surface area (Å²) in [6, 6.07) is 13.3. The molecule has 21 heavy (non-hydrogen) atoms. The molecule has 2 aromatic carbocycles. The maximum Gasteiger partial charge on any atom is 0.229 e. The van der Waals surface area contributed by atoms with Crippen molar-refractivity contribution in [1.82, 2.24) is 0 Å². The van der Waals surface area contributed by atoms with Gasteiger partial charge in [-0.1, -0.05) is 30.3 Å². The van der Waals surface area contributed by atoms with Crippen LogP contribution in [0.2, 0.25) is 0 Å². The minimum Gasteiger partial charge on any atom is -0.490 e. The number of anilines is 1. The van der Waals surface area contributed by atoms with Crippen molar-refractivity contribution < 1.29 is 13.9 Å². The fourth-order valence-electron chi connectivity index (χ4n) is 1.87. The molecule has 0 aromatic heterocycles. The molecule has 0 heterocycles. The molecular weight excluding hydrogens is 271 g/mol. The molecule has 5 heteroatoms. The number of benzene rings is 2. The van der Waals surface area contributed by atoms with Crippen LogP contribution in [0.5, 0.6) is 5.75 Å². The summed E-state index contributed by atoms with van der Waals surface area (Å²) in [7, 11) is 0. The number of para-hydroxylation sites is 2. The van der Waals surface area contributed by atoms with Crippen LogP contribution >= 0.6 is 0 Å². The largest absolute Gasteiger partial charge is 0.490 e. The monoisotopic (exact) mass is 288 g/mol. The zero-order valence-corrected chi connectivity index (χ0v) is 11.5. The van der Waals surface area contributed by atoms with Crippen LogP contribution in [0.15, 0.2) is 48.5 Å². The second-order valence-electron chi connectivity index (χ2n) is 4.45. The Morgan fingerprint density at radius 1 is 1.14 bits per heavy atom. The van der Waals surface area contributed by atoms with Gasteiger partial charge in [-0.2, -0.15) is 0 Å². The maximum absolute atomic E-state index is 13.5. The van der Waals surface area contributed by atoms with E-state index in [4.69, 9.17) is 10.5 Å². The van der Waals surface area contributed by atoms with Crippen molar-refractivity contribution in [3.63, 3.8) is 0 Å². The molecule has 110 valence electrons. The molecular formula is C16H17FN2O2. The van der Waals surface area contributed by atoms with Crippen LogP contribution in [0.1, 0.15) is 5.56 Å².